The minimum atomic E-state index is -0.543. The Hall–Kier alpha value is -2.82. The molecule has 114 valence electrons. The van der Waals surface area contributed by atoms with Crippen molar-refractivity contribution in [2.75, 3.05) is 14.2 Å². The minimum absolute atomic E-state index is 0.0569. The topological polar surface area (TPSA) is 57.5 Å². The normalized spacial score (nSPS) is 11.9. The van der Waals surface area contributed by atoms with Crippen LogP contribution in [0.1, 0.15) is 17.3 Å². The van der Waals surface area contributed by atoms with Crippen LogP contribution in [0.4, 0.5) is 0 Å². The van der Waals surface area contributed by atoms with Crippen LogP contribution < -0.4 is 0 Å². The summed E-state index contributed by atoms with van der Waals surface area (Å²) in [6, 6.07) is 7.62. The van der Waals surface area contributed by atoms with E-state index in [1.807, 2.05) is 30.3 Å². The van der Waals surface area contributed by atoms with Gasteiger partial charge in [0.2, 0.25) is 11.7 Å². The molecule has 0 aliphatic heterocycles. The van der Waals surface area contributed by atoms with Crippen molar-refractivity contribution >= 4 is 28.9 Å². The molecule has 1 aromatic heterocycles. The molecule has 22 heavy (non-hydrogen) atoms. The number of hydrogen-bond donors (Lipinski definition) is 0. The number of methoxy groups -OCH3 is 2. The summed E-state index contributed by atoms with van der Waals surface area (Å²) >= 11 is 0. The Morgan fingerprint density at radius 2 is 1.86 bits per heavy atom. The number of nitrogens with zero attached hydrogens (tertiary/aromatic N) is 1. The Morgan fingerprint density at radius 1 is 1.14 bits per heavy atom. The monoisotopic (exact) mass is 299 g/mol. The number of allylic oxidation sites excluding steroid dienone is 2. The van der Waals surface area contributed by atoms with Crippen LogP contribution in [-0.2, 0) is 14.3 Å². The van der Waals surface area contributed by atoms with Crippen molar-refractivity contribution in [2.24, 2.45) is 0 Å². The van der Waals surface area contributed by atoms with Crippen LogP contribution in [0.5, 0.6) is 0 Å². The lowest BCUT2D eigenvalue weighted by Crippen LogP contribution is -2.05. The van der Waals surface area contributed by atoms with Gasteiger partial charge in [0.05, 0.1) is 19.7 Å². The molecule has 0 saturated carbocycles. The number of para-hydroxylation sites is 1. The van der Waals surface area contributed by atoms with Crippen molar-refractivity contribution in [3.63, 3.8) is 0 Å². The zero-order valence-electron chi connectivity index (χ0n) is 12.7. The van der Waals surface area contributed by atoms with E-state index in [-0.39, 0.29) is 11.7 Å². The van der Waals surface area contributed by atoms with Crippen LogP contribution in [0.25, 0.3) is 17.0 Å². The van der Waals surface area contributed by atoms with E-state index < -0.39 is 5.97 Å². The lowest BCUT2D eigenvalue weighted by atomic mass is 10.1. The predicted molar refractivity (Wildman–Crippen MR) is 84.4 cm³/mol. The Kier molecular flexibility index (Phi) is 4.78. The van der Waals surface area contributed by atoms with E-state index in [9.17, 15) is 9.59 Å². The van der Waals surface area contributed by atoms with E-state index in [1.54, 1.807) is 16.8 Å². The zero-order chi connectivity index (χ0) is 16.1. The second-order valence-electron chi connectivity index (χ2n) is 4.58. The van der Waals surface area contributed by atoms with E-state index in [0.717, 1.165) is 16.5 Å². The van der Waals surface area contributed by atoms with Gasteiger partial charge < -0.3 is 9.47 Å². The molecule has 2 rings (SSSR count). The first-order valence-electron chi connectivity index (χ1n) is 6.70. The van der Waals surface area contributed by atoms with Crippen LogP contribution in [0.3, 0.4) is 0 Å². The van der Waals surface area contributed by atoms with Gasteiger partial charge in [-0.25, -0.2) is 4.79 Å². The fourth-order valence-electron chi connectivity index (χ4n) is 2.16. The van der Waals surface area contributed by atoms with Crippen molar-refractivity contribution in [1.29, 1.82) is 0 Å². The Labute approximate surface area is 128 Å². The second kappa shape index (κ2) is 6.76. The fourth-order valence-corrected chi connectivity index (χ4v) is 2.16. The van der Waals surface area contributed by atoms with E-state index in [2.05, 4.69) is 4.74 Å². The largest absolute Gasteiger partial charge is 0.490 e. The number of carbonyl (C=O) groups excluding carboxylic acids is 2. The van der Waals surface area contributed by atoms with Crippen LogP contribution in [0.15, 0.2) is 48.4 Å². The summed E-state index contributed by atoms with van der Waals surface area (Å²) in [5, 5.41) is 0.958. The number of esters is 1. The lowest BCUT2D eigenvalue weighted by molar-refractivity contribution is -0.139. The quantitative estimate of drug-likeness (QED) is 0.377. The molecule has 0 amide bonds. The second-order valence-corrected chi connectivity index (χ2v) is 4.58. The Morgan fingerprint density at radius 3 is 2.50 bits per heavy atom. The molecule has 5 nitrogen and oxygen atoms in total. The van der Waals surface area contributed by atoms with E-state index in [0.29, 0.717) is 0 Å². The molecule has 1 aromatic carbocycles. The summed E-state index contributed by atoms with van der Waals surface area (Å²) in [6.07, 6.45) is 6.78. The summed E-state index contributed by atoms with van der Waals surface area (Å²) in [6.45, 7) is 1.51. The van der Waals surface area contributed by atoms with Crippen molar-refractivity contribution < 1.29 is 19.1 Å². The van der Waals surface area contributed by atoms with Gasteiger partial charge in [-0.1, -0.05) is 30.4 Å². The molecule has 0 spiro atoms. The third-order valence-electron chi connectivity index (χ3n) is 3.21. The number of hydrogen-bond acceptors (Lipinski definition) is 4. The summed E-state index contributed by atoms with van der Waals surface area (Å²) in [5.41, 5.74) is 1.72. The maximum atomic E-state index is 11.7. The van der Waals surface area contributed by atoms with Crippen molar-refractivity contribution in [3.05, 3.63) is 53.9 Å². The van der Waals surface area contributed by atoms with E-state index in [4.69, 9.17) is 4.74 Å². The van der Waals surface area contributed by atoms with Gasteiger partial charge in [0.15, 0.2) is 0 Å². The van der Waals surface area contributed by atoms with Crippen LogP contribution in [0, 0.1) is 0 Å². The smallest absolute Gasteiger partial charge is 0.373 e. The van der Waals surface area contributed by atoms with Crippen molar-refractivity contribution in [2.45, 2.75) is 6.92 Å². The molecule has 2 aromatic rings. The first-order valence-corrected chi connectivity index (χ1v) is 6.70. The average Bonchev–Trinajstić information content (AvgIpc) is 2.90. The van der Waals surface area contributed by atoms with Gasteiger partial charge in [0.25, 0.3) is 0 Å². The molecule has 0 fully saturated rings. The summed E-state index contributed by atoms with van der Waals surface area (Å²) in [7, 11) is 2.69. The molecule has 1 heterocycles. The van der Waals surface area contributed by atoms with Gasteiger partial charge in [-0.3, -0.25) is 9.36 Å². The molecule has 0 aliphatic carbocycles. The number of rotatable bonds is 4. The molecule has 0 N–H and O–H groups in total. The van der Waals surface area contributed by atoms with Gasteiger partial charge in [-0.2, -0.15) is 0 Å². The standard InChI is InChI=1S/C17H17NO4/c1-12(19)18-11-13(14-8-4-5-9-15(14)18)7-6-10-16(21-2)17(20)22-3/h4-11H,1-3H3/b7-6+,16-10-. The highest BCUT2D eigenvalue weighted by Gasteiger charge is 2.09. The van der Waals surface area contributed by atoms with Crippen molar-refractivity contribution in [1.82, 2.24) is 4.57 Å². The SMILES string of the molecule is COC(=O)/C(=C/C=C/c1cn(C(C)=O)c2ccccc12)OC. The highest BCUT2D eigenvalue weighted by molar-refractivity contribution is 5.97. The predicted octanol–water partition coefficient (Wildman–Crippen LogP) is 3.02. The molecule has 0 unspecified atom stereocenters. The number of ether oxygens (including phenoxy) is 2. The first-order chi connectivity index (χ1) is 10.6. The Bertz CT molecular complexity index is 768. The molecule has 0 saturated heterocycles. The molecular weight excluding hydrogens is 282 g/mol. The fraction of sp³-hybridized carbons (Fsp3) is 0.176. The first kappa shape index (κ1) is 15.6. The maximum Gasteiger partial charge on any atom is 0.373 e. The van der Waals surface area contributed by atoms with Crippen LogP contribution >= 0.6 is 0 Å². The summed E-state index contributed by atoms with van der Waals surface area (Å²) in [4.78, 5) is 23.1. The molecule has 0 radical (unpaired) electrons. The zero-order valence-corrected chi connectivity index (χ0v) is 12.7. The molecular formula is C17H17NO4. The third-order valence-corrected chi connectivity index (χ3v) is 3.21. The molecule has 0 bridgehead atoms. The van der Waals surface area contributed by atoms with Gasteiger partial charge in [0.1, 0.15) is 0 Å². The molecule has 0 aliphatic rings. The van der Waals surface area contributed by atoms with Gasteiger partial charge in [-0.15, -0.1) is 0 Å². The van der Waals surface area contributed by atoms with Gasteiger partial charge in [0, 0.05) is 24.1 Å². The van der Waals surface area contributed by atoms with E-state index >= 15 is 0 Å². The lowest BCUT2D eigenvalue weighted by Gasteiger charge is -2.01. The maximum absolute atomic E-state index is 11.7. The summed E-state index contributed by atoms with van der Waals surface area (Å²) in [5.74, 6) is -0.495. The highest BCUT2D eigenvalue weighted by Crippen LogP contribution is 2.22. The molecule has 5 heteroatoms. The highest BCUT2D eigenvalue weighted by atomic mass is 16.6. The number of carbonyl (C=O) groups is 2. The van der Waals surface area contributed by atoms with Crippen molar-refractivity contribution in [3.8, 4) is 0 Å². The number of fused-ring (bicyclic) bond motifs is 1. The molecule has 0 atom stereocenters. The third kappa shape index (κ3) is 3.09. The van der Waals surface area contributed by atoms with Gasteiger partial charge >= 0.3 is 5.97 Å². The Balaban J connectivity index is 2.40. The van der Waals surface area contributed by atoms with Gasteiger partial charge in [-0.05, 0) is 12.1 Å². The minimum Gasteiger partial charge on any atom is -0.490 e. The summed E-state index contributed by atoms with van der Waals surface area (Å²) < 4.78 is 11.1. The number of benzene rings is 1. The van der Waals surface area contributed by atoms with Crippen LogP contribution in [-0.4, -0.2) is 30.7 Å². The average molecular weight is 299 g/mol. The number of aromatic nitrogens is 1. The van der Waals surface area contributed by atoms with E-state index in [1.165, 1.54) is 27.2 Å². The van der Waals surface area contributed by atoms with Crippen LogP contribution in [0.2, 0.25) is 0 Å².